The molecule has 0 aromatic heterocycles. The van der Waals surface area contributed by atoms with Crippen LogP contribution < -0.4 is 0 Å². The van der Waals surface area contributed by atoms with Crippen molar-refractivity contribution in [2.24, 2.45) is 0 Å². The highest BCUT2D eigenvalue weighted by Gasteiger charge is 2.18. The molecule has 0 saturated carbocycles. The second-order valence-electron chi connectivity index (χ2n) is 6.73. The van der Waals surface area contributed by atoms with Crippen molar-refractivity contribution in [3.05, 3.63) is 96.1 Å². The number of ether oxygens (including phenoxy) is 1. The summed E-state index contributed by atoms with van der Waals surface area (Å²) in [4.78, 5) is 12.5. The Labute approximate surface area is 155 Å². The van der Waals surface area contributed by atoms with Crippen molar-refractivity contribution in [3.8, 4) is 0 Å². The Morgan fingerprint density at radius 3 is 2.58 bits per heavy atom. The normalized spacial score (nSPS) is 13.2. The maximum absolute atomic E-state index is 12.5. The van der Waals surface area contributed by atoms with Crippen molar-refractivity contribution in [1.29, 1.82) is 0 Å². The Kier molecular flexibility index (Phi) is 5.52. The second-order valence-corrected chi connectivity index (χ2v) is 6.73. The Morgan fingerprint density at radius 2 is 1.81 bits per heavy atom. The zero-order valence-electron chi connectivity index (χ0n) is 15.3. The highest BCUT2D eigenvalue weighted by Crippen LogP contribution is 2.29. The van der Waals surface area contributed by atoms with E-state index in [1.807, 2.05) is 49.4 Å². The van der Waals surface area contributed by atoms with Gasteiger partial charge >= 0.3 is 5.97 Å². The number of carbonyl (C=O) groups excluding carboxylic acids is 1. The maximum atomic E-state index is 12.5. The highest BCUT2D eigenvalue weighted by molar-refractivity contribution is 5.86. The fraction of sp³-hybridized carbons (Fsp3) is 0.208. The van der Waals surface area contributed by atoms with E-state index >= 15 is 0 Å². The van der Waals surface area contributed by atoms with E-state index in [1.54, 1.807) is 6.08 Å². The van der Waals surface area contributed by atoms with E-state index in [-0.39, 0.29) is 11.9 Å². The number of benzene rings is 3. The van der Waals surface area contributed by atoms with Crippen LogP contribution in [-0.2, 0) is 9.53 Å². The van der Waals surface area contributed by atoms with Crippen LogP contribution in [0.5, 0.6) is 0 Å². The lowest BCUT2D eigenvalue weighted by Gasteiger charge is -2.18. The van der Waals surface area contributed by atoms with Gasteiger partial charge in [-0.2, -0.15) is 0 Å². The summed E-state index contributed by atoms with van der Waals surface area (Å²) in [5.74, 6) is -0.131. The van der Waals surface area contributed by atoms with Crippen LogP contribution >= 0.6 is 0 Å². The number of fused-ring (bicyclic) bond motifs is 1. The van der Waals surface area contributed by atoms with Gasteiger partial charge in [-0.3, -0.25) is 4.79 Å². The van der Waals surface area contributed by atoms with Crippen molar-refractivity contribution in [2.45, 2.75) is 32.3 Å². The Balaban J connectivity index is 1.73. The topological polar surface area (TPSA) is 26.3 Å². The predicted molar refractivity (Wildman–Crippen MR) is 107 cm³/mol. The molecular weight excluding hydrogens is 320 g/mol. The molecule has 2 unspecified atom stereocenters. The van der Waals surface area contributed by atoms with Gasteiger partial charge in [0, 0.05) is 0 Å². The molecule has 3 aromatic carbocycles. The molecule has 0 heterocycles. The summed E-state index contributed by atoms with van der Waals surface area (Å²) in [5, 5.41) is 2.38. The van der Waals surface area contributed by atoms with Gasteiger partial charge < -0.3 is 4.74 Å². The van der Waals surface area contributed by atoms with E-state index in [0.717, 1.165) is 11.1 Å². The van der Waals surface area contributed by atoms with Crippen LogP contribution in [0.4, 0.5) is 0 Å². The number of hydrogen-bond acceptors (Lipinski definition) is 2. The van der Waals surface area contributed by atoms with E-state index in [4.69, 9.17) is 4.74 Å². The molecule has 3 aromatic rings. The van der Waals surface area contributed by atoms with Crippen LogP contribution in [0, 0.1) is 6.92 Å². The van der Waals surface area contributed by atoms with Gasteiger partial charge in [0.1, 0.15) is 6.10 Å². The number of carbonyl (C=O) groups is 1. The first kappa shape index (κ1) is 17.9. The maximum Gasteiger partial charge on any atom is 0.307 e. The largest absolute Gasteiger partial charge is 0.453 e. The molecule has 0 bridgehead atoms. The standard InChI is InChI=1S/C24H24O2/c1-4-23(20-12-7-9-17(2)15-20)26-24(25)16-18(3)21-14-8-11-19-10-5-6-13-22(19)21/h4-15,18,23H,1,16H2,2-3H3. The van der Waals surface area contributed by atoms with E-state index in [2.05, 4.69) is 37.8 Å². The third kappa shape index (κ3) is 4.02. The summed E-state index contributed by atoms with van der Waals surface area (Å²) in [6.07, 6.45) is 1.60. The summed E-state index contributed by atoms with van der Waals surface area (Å²) in [7, 11) is 0. The zero-order chi connectivity index (χ0) is 18.5. The molecule has 0 radical (unpaired) electrons. The smallest absolute Gasteiger partial charge is 0.307 e. The summed E-state index contributed by atoms with van der Waals surface area (Å²) in [6.45, 7) is 7.91. The molecular formula is C24H24O2. The van der Waals surface area contributed by atoms with Gasteiger partial charge in [0.2, 0.25) is 0 Å². The molecule has 0 amide bonds. The van der Waals surface area contributed by atoms with Crippen LogP contribution in [-0.4, -0.2) is 5.97 Å². The SMILES string of the molecule is C=CC(OC(=O)CC(C)c1cccc2ccccc12)c1cccc(C)c1. The van der Waals surface area contributed by atoms with E-state index in [9.17, 15) is 4.79 Å². The zero-order valence-corrected chi connectivity index (χ0v) is 15.3. The third-order valence-corrected chi connectivity index (χ3v) is 4.67. The number of rotatable bonds is 6. The van der Waals surface area contributed by atoms with Gasteiger partial charge in [0.15, 0.2) is 0 Å². The van der Waals surface area contributed by atoms with E-state index < -0.39 is 6.10 Å². The molecule has 0 aliphatic carbocycles. The van der Waals surface area contributed by atoms with Crippen LogP contribution in [0.25, 0.3) is 10.8 Å². The average Bonchev–Trinajstić information content (AvgIpc) is 2.65. The average molecular weight is 344 g/mol. The minimum Gasteiger partial charge on any atom is -0.453 e. The fourth-order valence-corrected chi connectivity index (χ4v) is 3.33. The Bertz CT molecular complexity index is 921. The van der Waals surface area contributed by atoms with Crippen molar-refractivity contribution < 1.29 is 9.53 Å². The molecule has 2 atom stereocenters. The summed E-state index contributed by atoms with van der Waals surface area (Å²) in [6, 6.07) is 22.4. The first-order chi connectivity index (χ1) is 12.6. The van der Waals surface area contributed by atoms with Crippen LogP contribution in [0.1, 0.15) is 42.1 Å². The minimum absolute atomic E-state index is 0.0802. The molecule has 0 fully saturated rings. The summed E-state index contributed by atoms with van der Waals surface area (Å²) in [5.41, 5.74) is 3.26. The molecule has 0 spiro atoms. The van der Waals surface area contributed by atoms with E-state index in [1.165, 1.54) is 16.3 Å². The van der Waals surface area contributed by atoms with Gasteiger partial charge in [-0.05, 0) is 40.8 Å². The van der Waals surface area contributed by atoms with Crippen LogP contribution in [0.3, 0.4) is 0 Å². The van der Waals surface area contributed by atoms with E-state index in [0.29, 0.717) is 6.42 Å². The minimum atomic E-state index is -0.415. The summed E-state index contributed by atoms with van der Waals surface area (Å²) < 4.78 is 5.69. The lowest BCUT2D eigenvalue weighted by molar-refractivity contribution is -0.147. The Hall–Kier alpha value is -2.87. The highest BCUT2D eigenvalue weighted by atomic mass is 16.5. The monoisotopic (exact) mass is 344 g/mol. The molecule has 2 nitrogen and oxygen atoms in total. The van der Waals surface area contributed by atoms with Crippen molar-refractivity contribution >= 4 is 16.7 Å². The molecule has 3 rings (SSSR count). The quantitative estimate of drug-likeness (QED) is 0.398. The number of esters is 1. The molecule has 26 heavy (non-hydrogen) atoms. The fourth-order valence-electron chi connectivity index (χ4n) is 3.33. The molecule has 2 heteroatoms. The van der Waals surface area contributed by atoms with Gasteiger partial charge in [0.25, 0.3) is 0 Å². The lowest BCUT2D eigenvalue weighted by atomic mass is 9.92. The third-order valence-electron chi connectivity index (χ3n) is 4.67. The van der Waals surface area contributed by atoms with Crippen molar-refractivity contribution in [3.63, 3.8) is 0 Å². The molecule has 0 saturated heterocycles. The van der Waals surface area contributed by atoms with Gasteiger partial charge in [-0.25, -0.2) is 0 Å². The van der Waals surface area contributed by atoms with Crippen molar-refractivity contribution in [2.75, 3.05) is 0 Å². The molecule has 0 aliphatic heterocycles. The molecule has 0 aliphatic rings. The van der Waals surface area contributed by atoms with Crippen LogP contribution in [0.15, 0.2) is 79.4 Å². The first-order valence-corrected chi connectivity index (χ1v) is 8.94. The molecule has 132 valence electrons. The summed E-state index contributed by atoms with van der Waals surface area (Å²) >= 11 is 0. The second kappa shape index (κ2) is 8.01. The predicted octanol–water partition coefficient (Wildman–Crippen LogP) is 6.11. The van der Waals surface area contributed by atoms with Gasteiger partial charge in [-0.1, -0.05) is 85.8 Å². The Morgan fingerprint density at radius 1 is 1.08 bits per heavy atom. The first-order valence-electron chi connectivity index (χ1n) is 8.94. The number of hydrogen-bond donors (Lipinski definition) is 0. The lowest BCUT2D eigenvalue weighted by Crippen LogP contribution is -2.12. The van der Waals surface area contributed by atoms with Crippen LogP contribution in [0.2, 0.25) is 0 Å². The van der Waals surface area contributed by atoms with Gasteiger partial charge in [-0.15, -0.1) is 0 Å². The number of aryl methyl sites for hydroxylation is 1. The molecule has 0 N–H and O–H groups in total. The van der Waals surface area contributed by atoms with Crippen molar-refractivity contribution in [1.82, 2.24) is 0 Å². The van der Waals surface area contributed by atoms with Gasteiger partial charge in [0.05, 0.1) is 6.42 Å².